The Kier molecular flexibility index (Phi) is 8.72. The highest BCUT2D eigenvalue weighted by molar-refractivity contribution is 6.35. The van der Waals surface area contributed by atoms with Gasteiger partial charge in [0.25, 0.3) is 5.56 Å². The van der Waals surface area contributed by atoms with E-state index in [-0.39, 0.29) is 17.5 Å². The zero-order valence-corrected chi connectivity index (χ0v) is 23.9. The molecule has 0 bridgehead atoms. The zero-order chi connectivity index (χ0) is 28.2. The van der Waals surface area contributed by atoms with Gasteiger partial charge >= 0.3 is 0 Å². The largest absolute Gasteiger partial charge is 0.497 e. The molecule has 0 aliphatic carbocycles. The fourth-order valence-electron chi connectivity index (χ4n) is 5.23. The summed E-state index contributed by atoms with van der Waals surface area (Å²) in [4.78, 5) is 39.2. The SMILES string of the molecule is COc1cc(OC)c(Cl)c(-c2cc3cnc(N[C@H]4CCOC4)nc3n(CCCN3CCN(C(C)=O)CC3)c2=O)c1. The Hall–Kier alpha value is -3.41. The molecule has 0 saturated carbocycles. The molecule has 2 aromatic heterocycles. The van der Waals surface area contributed by atoms with Gasteiger partial charge in [-0.3, -0.25) is 19.1 Å². The number of halogens is 1. The van der Waals surface area contributed by atoms with Gasteiger partial charge in [-0.1, -0.05) is 11.6 Å². The van der Waals surface area contributed by atoms with Crippen molar-refractivity contribution in [2.75, 3.05) is 65.5 Å². The fraction of sp³-hybridized carbons (Fsp3) is 0.500. The van der Waals surface area contributed by atoms with Crippen LogP contribution in [0.2, 0.25) is 5.02 Å². The number of ether oxygens (including phenoxy) is 3. The number of benzene rings is 1. The van der Waals surface area contributed by atoms with Crippen LogP contribution in [0, 0.1) is 0 Å². The van der Waals surface area contributed by atoms with Gasteiger partial charge in [0.2, 0.25) is 11.9 Å². The predicted octanol–water partition coefficient (Wildman–Crippen LogP) is 2.88. The molecule has 3 aromatic rings. The number of nitrogens with zero attached hydrogens (tertiary/aromatic N) is 5. The Labute approximate surface area is 238 Å². The van der Waals surface area contributed by atoms with Gasteiger partial charge in [0.15, 0.2) is 0 Å². The maximum absolute atomic E-state index is 14.1. The van der Waals surface area contributed by atoms with Crippen LogP contribution in [0.4, 0.5) is 5.95 Å². The third-order valence-electron chi connectivity index (χ3n) is 7.52. The summed E-state index contributed by atoms with van der Waals surface area (Å²) in [5.74, 6) is 1.52. The van der Waals surface area contributed by atoms with Crippen LogP contribution in [-0.4, -0.2) is 96.4 Å². The van der Waals surface area contributed by atoms with E-state index in [1.165, 1.54) is 7.11 Å². The predicted molar refractivity (Wildman–Crippen MR) is 154 cm³/mol. The molecule has 5 rings (SSSR count). The molecule has 214 valence electrons. The van der Waals surface area contributed by atoms with E-state index in [1.54, 1.807) is 43.0 Å². The van der Waals surface area contributed by atoms with Crippen molar-refractivity contribution in [1.82, 2.24) is 24.3 Å². The maximum Gasteiger partial charge on any atom is 0.260 e. The first-order valence-corrected chi connectivity index (χ1v) is 13.9. The summed E-state index contributed by atoms with van der Waals surface area (Å²) in [6.07, 6.45) is 3.34. The number of hydrogen-bond donors (Lipinski definition) is 1. The number of fused-ring (bicyclic) bond motifs is 1. The minimum atomic E-state index is -0.208. The number of carbonyl (C=O) groups excluding carboxylic acids is 1. The molecule has 40 heavy (non-hydrogen) atoms. The summed E-state index contributed by atoms with van der Waals surface area (Å²) in [6, 6.07) is 5.33. The van der Waals surface area contributed by atoms with E-state index in [0.29, 0.717) is 59.0 Å². The van der Waals surface area contributed by atoms with Crippen molar-refractivity contribution in [3.63, 3.8) is 0 Å². The number of anilines is 1. The highest BCUT2D eigenvalue weighted by atomic mass is 35.5. The van der Waals surface area contributed by atoms with Crippen molar-refractivity contribution in [2.45, 2.75) is 32.4 Å². The lowest BCUT2D eigenvalue weighted by Gasteiger charge is -2.34. The standard InChI is InChI=1S/C28H35ClN6O5/c1-18(36)34-10-8-33(9-11-34)6-4-7-35-26-19(16-30-28(32-26)31-20-5-12-40-17-20)13-23(27(35)37)22-14-21(38-2)15-24(39-3)25(22)29/h13-16,20H,4-12,17H2,1-3H3,(H,30,31,32)/t20-/m0/s1. The molecule has 1 N–H and O–H groups in total. The molecule has 4 heterocycles. The molecule has 2 aliphatic heterocycles. The van der Waals surface area contributed by atoms with Crippen LogP contribution in [-0.2, 0) is 16.1 Å². The number of rotatable bonds is 9. The molecule has 11 nitrogen and oxygen atoms in total. The van der Waals surface area contributed by atoms with Gasteiger partial charge in [-0.2, -0.15) is 4.98 Å². The minimum absolute atomic E-state index is 0.107. The fourth-order valence-corrected chi connectivity index (χ4v) is 5.52. The molecule has 2 fully saturated rings. The van der Waals surface area contributed by atoms with E-state index in [9.17, 15) is 9.59 Å². The molecule has 2 aliphatic rings. The normalized spacial score (nSPS) is 17.8. The molecule has 1 aromatic carbocycles. The second-order valence-electron chi connectivity index (χ2n) is 10.1. The lowest BCUT2D eigenvalue weighted by atomic mass is 10.0. The van der Waals surface area contributed by atoms with Crippen molar-refractivity contribution >= 4 is 34.5 Å². The first kappa shape index (κ1) is 28.1. The highest BCUT2D eigenvalue weighted by Crippen LogP contribution is 2.38. The van der Waals surface area contributed by atoms with Crippen LogP contribution in [0.25, 0.3) is 22.2 Å². The third-order valence-corrected chi connectivity index (χ3v) is 7.91. The van der Waals surface area contributed by atoms with Crippen LogP contribution >= 0.6 is 11.6 Å². The summed E-state index contributed by atoms with van der Waals surface area (Å²) in [7, 11) is 3.08. The number of piperazine rings is 1. The molecule has 1 atom stereocenters. The first-order chi connectivity index (χ1) is 19.4. The lowest BCUT2D eigenvalue weighted by molar-refractivity contribution is -0.130. The van der Waals surface area contributed by atoms with Crippen LogP contribution in [0.15, 0.2) is 29.2 Å². The number of carbonyl (C=O) groups is 1. The average molecular weight is 571 g/mol. The van der Waals surface area contributed by atoms with Crippen molar-refractivity contribution in [1.29, 1.82) is 0 Å². The van der Waals surface area contributed by atoms with Crippen molar-refractivity contribution in [2.24, 2.45) is 0 Å². The Bertz CT molecular complexity index is 1430. The number of amides is 1. The van der Waals surface area contributed by atoms with E-state index in [0.717, 1.165) is 51.0 Å². The van der Waals surface area contributed by atoms with E-state index in [4.69, 9.17) is 30.8 Å². The monoisotopic (exact) mass is 570 g/mol. The number of nitrogens with one attached hydrogen (secondary N) is 1. The molecule has 1 amide bonds. The zero-order valence-electron chi connectivity index (χ0n) is 23.1. The average Bonchev–Trinajstić information content (AvgIpc) is 3.48. The summed E-state index contributed by atoms with van der Waals surface area (Å²) in [5.41, 5.74) is 1.28. The topological polar surface area (TPSA) is 111 Å². The van der Waals surface area contributed by atoms with Gasteiger partial charge in [-0.15, -0.1) is 0 Å². The van der Waals surface area contributed by atoms with E-state index in [2.05, 4.69) is 15.2 Å². The molecule has 12 heteroatoms. The van der Waals surface area contributed by atoms with Crippen LogP contribution in [0.5, 0.6) is 11.5 Å². The van der Waals surface area contributed by atoms with Gasteiger partial charge < -0.3 is 24.4 Å². The number of methoxy groups -OCH3 is 2. The second-order valence-corrected chi connectivity index (χ2v) is 10.5. The lowest BCUT2D eigenvalue weighted by Crippen LogP contribution is -2.48. The Morgan fingerprint density at radius 3 is 2.60 bits per heavy atom. The summed E-state index contributed by atoms with van der Waals surface area (Å²) in [6.45, 7) is 7.22. The molecular weight excluding hydrogens is 536 g/mol. The summed E-state index contributed by atoms with van der Waals surface area (Å²) in [5, 5.41) is 4.38. The molecular formula is C28H35ClN6O5. The molecule has 2 saturated heterocycles. The first-order valence-electron chi connectivity index (χ1n) is 13.5. The second kappa shape index (κ2) is 12.4. The number of aryl methyl sites for hydroxylation is 1. The van der Waals surface area contributed by atoms with Crippen molar-refractivity contribution < 1.29 is 19.0 Å². The summed E-state index contributed by atoms with van der Waals surface area (Å²) < 4.78 is 18.1. The number of aromatic nitrogens is 3. The van der Waals surface area contributed by atoms with Crippen molar-refractivity contribution in [3.8, 4) is 22.6 Å². The minimum Gasteiger partial charge on any atom is -0.497 e. The van der Waals surface area contributed by atoms with Gasteiger partial charge in [0, 0.05) is 75.0 Å². The Balaban J connectivity index is 1.49. The maximum atomic E-state index is 14.1. The van der Waals surface area contributed by atoms with Gasteiger partial charge in [-0.05, 0) is 31.5 Å². The van der Waals surface area contributed by atoms with E-state index < -0.39 is 0 Å². The molecule has 0 unspecified atom stereocenters. The van der Waals surface area contributed by atoms with Gasteiger partial charge in [0.1, 0.15) is 17.1 Å². The van der Waals surface area contributed by atoms with Crippen molar-refractivity contribution in [3.05, 3.63) is 39.8 Å². The number of hydrogen-bond acceptors (Lipinski definition) is 9. The quantitative estimate of drug-likeness (QED) is 0.415. The van der Waals surface area contributed by atoms with E-state index in [1.807, 2.05) is 4.90 Å². The third kappa shape index (κ3) is 6.01. The number of pyridine rings is 1. The molecule has 0 radical (unpaired) electrons. The molecule has 0 spiro atoms. The van der Waals surface area contributed by atoms with E-state index >= 15 is 0 Å². The summed E-state index contributed by atoms with van der Waals surface area (Å²) >= 11 is 6.69. The van der Waals surface area contributed by atoms with Crippen LogP contribution < -0.4 is 20.3 Å². The smallest absolute Gasteiger partial charge is 0.260 e. The Morgan fingerprint density at radius 1 is 1.12 bits per heavy atom. The highest BCUT2D eigenvalue weighted by Gasteiger charge is 2.22. The van der Waals surface area contributed by atoms with Crippen LogP contribution in [0.3, 0.4) is 0 Å². The van der Waals surface area contributed by atoms with Crippen LogP contribution in [0.1, 0.15) is 19.8 Å². The van der Waals surface area contributed by atoms with Gasteiger partial charge in [0.05, 0.1) is 31.9 Å². The van der Waals surface area contributed by atoms with Gasteiger partial charge in [-0.25, -0.2) is 4.98 Å². The Morgan fingerprint density at radius 2 is 1.93 bits per heavy atom.